The second kappa shape index (κ2) is 3.80. The smallest absolute Gasteiger partial charge is 0.100 e. The Morgan fingerprint density at radius 2 is 1.78 bits per heavy atom. The van der Waals surface area contributed by atoms with Gasteiger partial charge in [-0.15, -0.1) is 0 Å². The minimum Gasteiger partial charge on any atom is -0.381 e. The van der Waals surface area contributed by atoms with Gasteiger partial charge in [-0.3, -0.25) is 0 Å². The second-order valence-corrected chi connectivity index (χ2v) is 6.81. The van der Waals surface area contributed by atoms with Crippen molar-refractivity contribution in [3.05, 3.63) is 29.8 Å². The summed E-state index contributed by atoms with van der Waals surface area (Å²) < 4.78 is 0. The van der Waals surface area contributed by atoms with Gasteiger partial charge in [-0.05, 0) is 25.5 Å². The Labute approximate surface area is 115 Å². The van der Waals surface area contributed by atoms with Crippen molar-refractivity contribution in [3.8, 4) is 0 Å². The van der Waals surface area contributed by atoms with Crippen LogP contribution in [0.25, 0.3) is 0 Å². The highest BCUT2D eigenvalue weighted by Gasteiger charge is 2.61. The Balaban J connectivity index is 1.56. The second-order valence-electron chi connectivity index (χ2n) is 5.76. The molecule has 0 spiro atoms. The van der Waals surface area contributed by atoms with Crippen molar-refractivity contribution in [2.75, 3.05) is 5.32 Å². The summed E-state index contributed by atoms with van der Waals surface area (Å²) in [7, 11) is 0. The van der Waals surface area contributed by atoms with Crippen LogP contribution in [-0.4, -0.2) is 23.0 Å². The van der Waals surface area contributed by atoms with Crippen molar-refractivity contribution in [1.82, 2.24) is 0 Å². The average molecular weight is 306 g/mol. The molecular formula is C14H16BrN3. The molecule has 0 aromatic heterocycles. The van der Waals surface area contributed by atoms with Gasteiger partial charge in [-0.1, -0.05) is 33.6 Å². The van der Waals surface area contributed by atoms with Crippen LogP contribution in [0.2, 0.25) is 0 Å². The summed E-state index contributed by atoms with van der Waals surface area (Å²) in [4.78, 5) is 0.532. The molecule has 4 heteroatoms. The van der Waals surface area contributed by atoms with Crippen molar-refractivity contribution < 1.29 is 0 Å². The first kappa shape index (κ1) is 11.0. The maximum Gasteiger partial charge on any atom is 0.100 e. The molecule has 3 aliphatic rings. The van der Waals surface area contributed by atoms with Crippen LogP contribution in [0.1, 0.15) is 12.0 Å². The number of azo groups is 1. The molecule has 0 radical (unpaired) electrons. The lowest BCUT2D eigenvalue weighted by atomic mass is 9.85. The van der Waals surface area contributed by atoms with Gasteiger partial charge < -0.3 is 5.32 Å². The van der Waals surface area contributed by atoms with E-state index < -0.39 is 0 Å². The SMILES string of the molecule is Cc1ccc(NC2C(Br)[C@@H]3C[C@H]2[C@H]2N=N[C@H]23)cc1. The molecule has 18 heavy (non-hydrogen) atoms. The summed E-state index contributed by atoms with van der Waals surface area (Å²) in [6.45, 7) is 2.12. The minimum absolute atomic E-state index is 0.492. The first-order valence-corrected chi connectivity index (χ1v) is 7.53. The molecule has 2 saturated carbocycles. The van der Waals surface area contributed by atoms with Crippen LogP contribution in [0, 0.1) is 18.8 Å². The van der Waals surface area contributed by atoms with E-state index in [1.54, 1.807) is 0 Å². The van der Waals surface area contributed by atoms with Crippen LogP contribution in [0.15, 0.2) is 34.5 Å². The molecule has 3 nitrogen and oxygen atoms in total. The number of hydrogen-bond acceptors (Lipinski definition) is 3. The molecule has 2 aliphatic carbocycles. The van der Waals surface area contributed by atoms with E-state index in [0.29, 0.717) is 34.8 Å². The van der Waals surface area contributed by atoms with Gasteiger partial charge in [-0.25, -0.2) is 0 Å². The maximum atomic E-state index is 4.32. The predicted molar refractivity (Wildman–Crippen MR) is 75.3 cm³/mol. The van der Waals surface area contributed by atoms with E-state index in [2.05, 4.69) is 62.7 Å². The van der Waals surface area contributed by atoms with Gasteiger partial charge in [0, 0.05) is 28.4 Å². The molecular weight excluding hydrogens is 290 g/mol. The Morgan fingerprint density at radius 3 is 2.44 bits per heavy atom. The fourth-order valence-electron chi connectivity index (χ4n) is 3.70. The summed E-state index contributed by atoms with van der Waals surface area (Å²) >= 11 is 3.87. The third kappa shape index (κ3) is 1.41. The monoisotopic (exact) mass is 305 g/mol. The molecule has 94 valence electrons. The Hall–Kier alpha value is -0.900. The number of benzene rings is 1. The topological polar surface area (TPSA) is 36.8 Å². The van der Waals surface area contributed by atoms with Gasteiger partial charge in [0.2, 0.25) is 0 Å². The molecule has 0 amide bonds. The van der Waals surface area contributed by atoms with E-state index in [4.69, 9.17) is 0 Å². The van der Waals surface area contributed by atoms with Gasteiger partial charge in [0.1, 0.15) is 6.04 Å². The summed E-state index contributed by atoms with van der Waals surface area (Å²) in [6.07, 6.45) is 1.27. The number of nitrogens with one attached hydrogen (secondary N) is 1. The molecule has 4 rings (SSSR count). The molecule has 6 atom stereocenters. The zero-order valence-corrected chi connectivity index (χ0v) is 11.8. The average Bonchev–Trinajstić information content (AvgIpc) is 2.73. The van der Waals surface area contributed by atoms with Crippen molar-refractivity contribution in [2.45, 2.75) is 36.3 Å². The zero-order valence-electron chi connectivity index (χ0n) is 10.3. The van der Waals surface area contributed by atoms with E-state index in [1.165, 1.54) is 17.7 Å². The molecule has 1 heterocycles. The van der Waals surface area contributed by atoms with E-state index in [1.807, 2.05) is 0 Å². The van der Waals surface area contributed by atoms with Gasteiger partial charge in [0.25, 0.3) is 0 Å². The fraction of sp³-hybridized carbons (Fsp3) is 0.571. The van der Waals surface area contributed by atoms with Crippen molar-refractivity contribution in [3.63, 3.8) is 0 Å². The van der Waals surface area contributed by atoms with Gasteiger partial charge in [-0.2, -0.15) is 10.2 Å². The molecule has 0 saturated heterocycles. The lowest BCUT2D eigenvalue weighted by molar-refractivity contribution is 0.277. The normalized spacial score (nSPS) is 43.7. The third-order valence-corrected chi connectivity index (χ3v) is 5.95. The molecule has 2 fully saturated rings. The minimum atomic E-state index is 0.492. The van der Waals surface area contributed by atoms with Gasteiger partial charge >= 0.3 is 0 Å². The summed E-state index contributed by atoms with van der Waals surface area (Å²) in [6, 6.07) is 10.2. The maximum absolute atomic E-state index is 4.32. The van der Waals surface area contributed by atoms with Crippen LogP contribution in [-0.2, 0) is 0 Å². The number of alkyl halides is 1. The zero-order chi connectivity index (χ0) is 12.3. The van der Waals surface area contributed by atoms with E-state index in [-0.39, 0.29) is 0 Å². The molecule has 2 unspecified atom stereocenters. The number of nitrogens with zero attached hydrogens (tertiary/aromatic N) is 2. The van der Waals surface area contributed by atoms with Crippen LogP contribution < -0.4 is 5.32 Å². The van der Waals surface area contributed by atoms with Gasteiger partial charge in [0.05, 0.1) is 6.04 Å². The third-order valence-electron chi connectivity index (χ3n) is 4.70. The quantitative estimate of drug-likeness (QED) is 0.835. The summed E-state index contributed by atoms with van der Waals surface area (Å²) in [5.74, 6) is 1.34. The van der Waals surface area contributed by atoms with Crippen LogP contribution in [0.3, 0.4) is 0 Å². The Kier molecular flexibility index (Phi) is 2.31. The highest BCUT2D eigenvalue weighted by molar-refractivity contribution is 9.09. The fourth-order valence-corrected chi connectivity index (χ4v) is 4.75. The van der Waals surface area contributed by atoms with E-state index in [9.17, 15) is 0 Å². The highest BCUT2D eigenvalue weighted by atomic mass is 79.9. The molecule has 1 aliphatic heterocycles. The molecule has 1 aromatic rings. The van der Waals surface area contributed by atoms with Crippen LogP contribution >= 0.6 is 15.9 Å². The number of hydrogen-bond donors (Lipinski definition) is 1. The standard InChI is InChI=1S/C14H16BrN3/c1-7-2-4-8(5-3-7)16-12-10-6-9(11(12)15)13-14(10)18-17-13/h2-5,9-14,16H,6H2,1H3/t9-,10+,11?,12?,13-,14+/m0/s1. The van der Waals surface area contributed by atoms with Crippen LogP contribution in [0.5, 0.6) is 0 Å². The first-order valence-electron chi connectivity index (χ1n) is 6.61. The summed E-state index contributed by atoms with van der Waals surface area (Å²) in [5, 5.41) is 12.3. The van der Waals surface area contributed by atoms with E-state index in [0.717, 1.165) is 0 Å². The predicted octanol–water partition coefficient (Wildman–Crippen LogP) is 3.39. The number of halogens is 1. The summed E-state index contributed by atoms with van der Waals surface area (Å²) in [5.41, 5.74) is 2.52. The lowest BCUT2D eigenvalue weighted by Crippen LogP contribution is -2.50. The number of anilines is 1. The van der Waals surface area contributed by atoms with Crippen LogP contribution in [0.4, 0.5) is 5.69 Å². The van der Waals surface area contributed by atoms with Crippen molar-refractivity contribution in [1.29, 1.82) is 0 Å². The Bertz CT molecular complexity index is 498. The lowest BCUT2D eigenvalue weighted by Gasteiger charge is -2.39. The number of aryl methyl sites for hydroxylation is 1. The largest absolute Gasteiger partial charge is 0.381 e. The number of fused-ring (bicyclic) bond motifs is 5. The Morgan fingerprint density at radius 1 is 1.11 bits per heavy atom. The van der Waals surface area contributed by atoms with Gasteiger partial charge in [0.15, 0.2) is 0 Å². The van der Waals surface area contributed by atoms with Crippen molar-refractivity contribution >= 4 is 21.6 Å². The first-order chi connectivity index (χ1) is 8.74. The van der Waals surface area contributed by atoms with E-state index >= 15 is 0 Å². The molecule has 2 bridgehead atoms. The number of rotatable bonds is 2. The molecule has 1 aromatic carbocycles. The highest BCUT2D eigenvalue weighted by Crippen LogP contribution is 2.54. The molecule has 1 N–H and O–H groups in total. The van der Waals surface area contributed by atoms with Crippen molar-refractivity contribution in [2.24, 2.45) is 22.1 Å².